The SMILES string of the molecule is Cc1cc2sc(N3C(=O)C(=O)/C(=C(/O)c4ccc(OC(C)C)c(C)c4)C3c3cccs3)nc2cc1Cl. The van der Waals surface area contributed by atoms with Crippen LogP contribution in [0.5, 0.6) is 5.75 Å². The summed E-state index contributed by atoms with van der Waals surface area (Å²) in [5, 5.41) is 14.2. The van der Waals surface area contributed by atoms with E-state index < -0.39 is 17.7 Å². The van der Waals surface area contributed by atoms with E-state index in [0.29, 0.717) is 27.0 Å². The number of aliphatic hydroxyl groups is 1. The summed E-state index contributed by atoms with van der Waals surface area (Å²) < 4.78 is 6.66. The van der Waals surface area contributed by atoms with E-state index in [-0.39, 0.29) is 17.4 Å². The van der Waals surface area contributed by atoms with Crippen LogP contribution in [0.3, 0.4) is 0 Å². The van der Waals surface area contributed by atoms with E-state index in [2.05, 4.69) is 4.98 Å². The molecule has 1 N–H and O–H groups in total. The number of halogens is 1. The Labute approximate surface area is 221 Å². The van der Waals surface area contributed by atoms with E-state index in [0.717, 1.165) is 20.7 Å². The first-order valence-corrected chi connectivity index (χ1v) is 13.4. The van der Waals surface area contributed by atoms with Gasteiger partial charge in [-0.25, -0.2) is 4.98 Å². The van der Waals surface area contributed by atoms with Gasteiger partial charge in [-0.3, -0.25) is 14.5 Å². The van der Waals surface area contributed by atoms with Crippen molar-refractivity contribution in [2.75, 3.05) is 4.90 Å². The zero-order valence-electron chi connectivity index (χ0n) is 20.0. The molecule has 0 radical (unpaired) electrons. The number of thiophene rings is 1. The number of ether oxygens (including phenoxy) is 1. The Hall–Kier alpha value is -3.20. The van der Waals surface area contributed by atoms with E-state index in [4.69, 9.17) is 16.3 Å². The summed E-state index contributed by atoms with van der Waals surface area (Å²) in [6.07, 6.45) is -0.000205. The Bertz CT molecular complexity index is 1500. The molecular weight excluding hydrogens is 516 g/mol. The van der Waals surface area contributed by atoms with Gasteiger partial charge >= 0.3 is 5.91 Å². The second kappa shape index (κ2) is 9.35. The Morgan fingerprint density at radius 2 is 1.92 bits per heavy atom. The number of hydrogen-bond acceptors (Lipinski definition) is 7. The number of benzene rings is 2. The van der Waals surface area contributed by atoms with Gasteiger partial charge in [-0.05, 0) is 80.6 Å². The largest absolute Gasteiger partial charge is 0.507 e. The van der Waals surface area contributed by atoms with Gasteiger partial charge in [-0.1, -0.05) is 29.0 Å². The van der Waals surface area contributed by atoms with Gasteiger partial charge in [0, 0.05) is 15.5 Å². The summed E-state index contributed by atoms with van der Waals surface area (Å²) in [5.41, 5.74) is 2.83. The van der Waals surface area contributed by atoms with Crippen LogP contribution in [0.1, 0.15) is 41.5 Å². The number of anilines is 1. The number of Topliss-reactive ketones (excluding diaryl/α,β-unsaturated/α-hetero) is 1. The van der Waals surface area contributed by atoms with E-state index in [1.165, 1.54) is 27.6 Å². The zero-order valence-corrected chi connectivity index (χ0v) is 22.4. The molecule has 2 aromatic carbocycles. The number of rotatable bonds is 5. The van der Waals surface area contributed by atoms with Crippen LogP contribution in [-0.4, -0.2) is 27.9 Å². The molecule has 1 aliphatic rings. The highest BCUT2D eigenvalue weighted by molar-refractivity contribution is 7.22. The van der Waals surface area contributed by atoms with E-state index in [9.17, 15) is 14.7 Å². The lowest BCUT2D eigenvalue weighted by atomic mass is 9.99. The minimum atomic E-state index is -0.797. The number of amides is 1. The molecule has 1 aliphatic heterocycles. The molecule has 0 bridgehead atoms. The van der Waals surface area contributed by atoms with Gasteiger partial charge in [0.2, 0.25) is 0 Å². The fraction of sp³-hybridized carbons (Fsp3) is 0.222. The van der Waals surface area contributed by atoms with Gasteiger partial charge in [-0.15, -0.1) is 11.3 Å². The monoisotopic (exact) mass is 538 g/mol. The lowest BCUT2D eigenvalue weighted by Crippen LogP contribution is -2.28. The van der Waals surface area contributed by atoms with Crippen molar-refractivity contribution in [1.82, 2.24) is 4.98 Å². The van der Waals surface area contributed by atoms with Crippen LogP contribution >= 0.6 is 34.3 Å². The number of fused-ring (bicyclic) bond motifs is 1. The molecule has 3 heterocycles. The van der Waals surface area contributed by atoms with Crippen LogP contribution in [0.15, 0.2) is 53.4 Å². The zero-order chi connectivity index (χ0) is 25.7. The summed E-state index contributed by atoms with van der Waals surface area (Å²) in [7, 11) is 0. The Morgan fingerprint density at radius 3 is 2.58 bits per heavy atom. The predicted molar refractivity (Wildman–Crippen MR) is 145 cm³/mol. The number of aryl methyl sites for hydroxylation is 2. The van der Waals surface area contributed by atoms with Gasteiger partial charge in [0.05, 0.1) is 21.9 Å². The first-order chi connectivity index (χ1) is 17.2. The van der Waals surface area contributed by atoms with Crippen molar-refractivity contribution >= 4 is 67.1 Å². The second-order valence-corrected chi connectivity index (χ2v) is 11.3. The number of hydrogen-bond donors (Lipinski definition) is 1. The molecule has 0 aliphatic carbocycles. The van der Waals surface area contributed by atoms with Crippen molar-refractivity contribution in [1.29, 1.82) is 0 Å². The smallest absolute Gasteiger partial charge is 0.301 e. The molecule has 1 amide bonds. The van der Waals surface area contributed by atoms with Crippen molar-refractivity contribution in [2.24, 2.45) is 0 Å². The second-order valence-electron chi connectivity index (χ2n) is 8.90. The third-order valence-electron chi connectivity index (χ3n) is 5.93. The van der Waals surface area contributed by atoms with E-state index in [1.807, 2.05) is 51.3 Å². The molecule has 1 atom stereocenters. The van der Waals surface area contributed by atoms with Crippen LogP contribution in [0.4, 0.5) is 5.13 Å². The molecule has 0 saturated carbocycles. The highest BCUT2D eigenvalue weighted by atomic mass is 35.5. The van der Waals surface area contributed by atoms with Gasteiger partial charge in [-0.2, -0.15) is 0 Å². The summed E-state index contributed by atoms with van der Waals surface area (Å²) in [6, 6.07) is 11.8. The van der Waals surface area contributed by atoms with Crippen molar-refractivity contribution in [3.05, 3.63) is 80.0 Å². The molecule has 2 aromatic heterocycles. The molecule has 1 fully saturated rings. The minimum Gasteiger partial charge on any atom is -0.507 e. The molecule has 36 heavy (non-hydrogen) atoms. The van der Waals surface area contributed by atoms with Crippen LogP contribution < -0.4 is 9.64 Å². The number of carbonyl (C=O) groups is 2. The molecule has 6 nitrogen and oxygen atoms in total. The molecule has 9 heteroatoms. The van der Waals surface area contributed by atoms with Gasteiger partial charge in [0.25, 0.3) is 5.78 Å². The molecular formula is C27H23ClN2O4S2. The minimum absolute atomic E-state index is 0.000205. The van der Waals surface area contributed by atoms with Crippen LogP contribution in [0.25, 0.3) is 16.0 Å². The third kappa shape index (κ3) is 4.19. The molecule has 1 saturated heterocycles. The highest BCUT2D eigenvalue weighted by Gasteiger charge is 2.48. The quantitative estimate of drug-likeness (QED) is 0.167. The predicted octanol–water partition coefficient (Wildman–Crippen LogP) is 7.04. The Kier molecular flexibility index (Phi) is 6.36. The lowest BCUT2D eigenvalue weighted by molar-refractivity contribution is -0.132. The maximum Gasteiger partial charge on any atom is 0.301 e. The Balaban J connectivity index is 1.65. The summed E-state index contributed by atoms with van der Waals surface area (Å²) in [6.45, 7) is 7.65. The van der Waals surface area contributed by atoms with E-state index in [1.54, 1.807) is 24.3 Å². The van der Waals surface area contributed by atoms with Gasteiger partial charge < -0.3 is 9.84 Å². The Morgan fingerprint density at radius 1 is 1.14 bits per heavy atom. The van der Waals surface area contributed by atoms with Crippen molar-refractivity contribution in [3.8, 4) is 5.75 Å². The van der Waals surface area contributed by atoms with E-state index >= 15 is 0 Å². The first-order valence-electron chi connectivity index (χ1n) is 11.3. The van der Waals surface area contributed by atoms with Crippen molar-refractivity contribution in [2.45, 2.75) is 39.8 Å². The average molecular weight is 539 g/mol. The first kappa shape index (κ1) is 24.5. The summed E-state index contributed by atoms with van der Waals surface area (Å²) in [5.74, 6) is -1.01. The lowest BCUT2D eigenvalue weighted by Gasteiger charge is -2.21. The van der Waals surface area contributed by atoms with Crippen LogP contribution in [-0.2, 0) is 9.59 Å². The summed E-state index contributed by atoms with van der Waals surface area (Å²) in [4.78, 5) is 33.5. The molecule has 0 spiro atoms. The fourth-order valence-corrected chi connectivity index (χ4v) is 6.28. The standard InChI is InChI=1S/C27H23ClN2O4S2/c1-13(2)34-19-8-7-16(10-15(19)4)24(31)22-23(20-6-5-9-35-20)30(26(33)25(22)32)27-29-18-12-17(28)14(3)11-21(18)36-27/h5-13,23,31H,1-4H3/b24-22+. The fourth-order valence-electron chi connectivity index (χ4n) is 4.23. The van der Waals surface area contributed by atoms with Crippen LogP contribution in [0.2, 0.25) is 5.02 Å². The number of aliphatic hydroxyl groups excluding tert-OH is 1. The maximum atomic E-state index is 13.4. The number of thiazole rings is 1. The molecule has 4 aromatic rings. The molecule has 184 valence electrons. The number of aromatic nitrogens is 1. The third-order valence-corrected chi connectivity index (χ3v) is 8.28. The molecule has 5 rings (SSSR count). The number of ketones is 1. The average Bonchev–Trinajstić information content (AvgIpc) is 3.54. The molecule has 1 unspecified atom stereocenters. The number of nitrogens with zero attached hydrogens (tertiary/aromatic N) is 2. The van der Waals surface area contributed by atoms with Crippen molar-refractivity contribution < 1.29 is 19.4 Å². The van der Waals surface area contributed by atoms with Crippen molar-refractivity contribution in [3.63, 3.8) is 0 Å². The highest BCUT2D eigenvalue weighted by Crippen LogP contribution is 2.46. The maximum absolute atomic E-state index is 13.4. The van der Waals surface area contributed by atoms with Gasteiger partial charge in [0.1, 0.15) is 17.6 Å². The number of carbonyl (C=O) groups excluding carboxylic acids is 2. The van der Waals surface area contributed by atoms with Crippen LogP contribution in [0, 0.1) is 13.8 Å². The topological polar surface area (TPSA) is 79.7 Å². The normalized spacial score (nSPS) is 17.5. The summed E-state index contributed by atoms with van der Waals surface area (Å²) >= 11 is 9.00. The van der Waals surface area contributed by atoms with Gasteiger partial charge in [0.15, 0.2) is 5.13 Å².